The van der Waals surface area contributed by atoms with Crippen LogP contribution in [0.3, 0.4) is 0 Å². The van der Waals surface area contributed by atoms with Crippen molar-refractivity contribution in [2.24, 2.45) is 0 Å². The van der Waals surface area contributed by atoms with Crippen molar-refractivity contribution >= 4 is 5.91 Å². The van der Waals surface area contributed by atoms with E-state index in [0.717, 1.165) is 29.8 Å². The van der Waals surface area contributed by atoms with Crippen LogP contribution in [0.2, 0.25) is 0 Å². The van der Waals surface area contributed by atoms with Crippen molar-refractivity contribution in [3.05, 3.63) is 17.0 Å². The zero-order valence-corrected chi connectivity index (χ0v) is 8.55. The zero-order chi connectivity index (χ0) is 10.1. The summed E-state index contributed by atoms with van der Waals surface area (Å²) in [5, 5.41) is 10.1. The molecule has 0 bridgehead atoms. The van der Waals surface area contributed by atoms with E-state index >= 15 is 0 Å². The molecule has 0 radical (unpaired) electrons. The molecule has 1 aliphatic heterocycles. The summed E-state index contributed by atoms with van der Waals surface area (Å²) in [6.07, 6.45) is 2.65. The van der Waals surface area contributed by atoms with Crippen LogP contribution in [0, 0.1) is 13.8 Å². The number of aryl methyl sites for hydroxylation is 2. The molecule has 1 aromatic heterocycles. The molecule has 2 heterocycles. The first kappa shape index (κ1) is 9.24. The molecule has 0 spiro atoms. The fourth-order valence-corrected chi connectivity index (χ4v) is 2.09. The van der Waals surface area contributed by atoms with Gasteiger partial charge in [-0.3, -0.25) is 9.89 Å². The molecule has 0 saturated carbocycles. The van der Waals surface area contributed by atoms with E-state index in [1.54, 1.807) is 0 Å². The Balaban J connectivity index is 2.25. The van der Waals surface area contributed by atoms with Gasteiger partial charge in [0.1, 0.15) is 0 Å². The molecule has 1 saturated heterocycles. The maximum absolute atomic E-state index is 11.2. The van der Waals surface area contributed by atoms with Crippen LogP contribution in [-0.4, -0.2) is 16.1 Å². The quantitative estimate of drug-likeness (QED) is 0.707. The van der Waals surface area contributed by atoms with Crippen molar-refractivity contribution in [2.45, 2.75) is 39.2 Å². The molecule has 1 amide bonds. The number of nitrogens with zero attached hydrogens (tertiary/aromatic N) is 1. The Kier molecular flexibility index (Phi) is 2.27. The monoisotopic (exact) mass is 193 g/mol. The molecule has 1 fully saturated rings. The van der Waals surface area contributed by atoms with Crippen LogP contribution in [0.1, 0.15) is 42.3 Å². The number of carbonyl (C=O) groups is 1. The molecule has 14 heavy (non-hydrogen) atoms. The summed E-state index contributed by atoms with van der Waals surface area (Å²) in [4.78, 5) is 11.2. The van der Waals surface area contributed by atoms with E-state index in [9.17, 15) is 4.79 Å². The molecule has 1 aliphatic rings. The van der Waals surface area contributed by atoms with Crippen LogP contribution in [0.25, 0.3) is 0 Å². The average Bonchev–Trinajstić information content (AvgIpc) is 2.46. The summed E-state index contributed by atoms with van der Waals surface area (Å²) in [7, 11) is 0. The second kappa shape index (κ2) is 3.44. The van der Waals surface area contributed by atoms with Crippen molar-refractivity contribution in [1.82, 2.24) is 15.5 Å². The molecule has 4 nitrogen and oxygen atoms in total. The van der Waals surface area contributed by atoms with Gasteiger partial charge in [-0.2, -0.15) is 5.10 Å². The number of nitrogens with one attached hydrogen (secondary N) is 2. The molecule has 0 aromatic carbocycles. The van der Waals surface area contributed by atoms with Gasteiger partial charge in [-0.25, -0.2) is 0 Å². The van der Waals surface area contributed by atoms with Crippen molar-refractivity contribution in [1.29, 1.82) is 0 Å². The van der Waals surface area contributed by atoms with E-state index < -0.39 is 0 Å². The van der Waals surface area contributed by atoms with Crippen molar-refractivity contribution in [3.63, 3.8) is 0 Å². The van der Waals surface area contributed by atoms with Gasteiger partial charge in [0, 0.05) is 17.7 Å². The van der Waals surface area contributed by atoms with Gasteiger partial charge in [0.25, 0.3) is 0 Å². The number of amides is 1. The van der Waals surface area contributed by atoms with Gasteiger partial charge in [0.05, 0.1) is 11.7 Å². The summed E-state index contributed by atoms with van der Waals surface area (Å²) < 4.78 is 0. The molecular formula is C10H15N3O. The molecule has 1 atom stereocenters. The molecule has 1 unspecified atom stereocenters. The number of aromatic amines is 1. The minimum Gasteiger partial charge on any atom is -0.349 e. The molecule has 76 valence electrons. The highest BCUT2D eigenvalue weighted by Crippen LogP contribution is 2.26. The summed E-state index contributed by atoms with van der Waals surface area (Å²) in [5.41, 5.74) is 3.22. The van der Waals surface area contributed by atoms with E-state index in [0.29, 0.717) is 6.42 Å². The maximum Gasteiger partial charge on any atom is 0.220 e. The first-order valence-corrected chi connectivity index (χ1v) is 4.99. The lowest BCUT2D eigenvalue weighted by Gasteiger charge is -2.23. The van der Waals surface area contributed by atoms with E-state index in [2.05, 4.69) is 15.5 Å². The van der Waals surface area contributed by atoms with Crippen molar-refractivity contribution in [3.8, 4) is 0 Å². The van der Waals surface area contributed by atoms with Crippen LogP contribution in [0.5, 0.6) is 0 Å². The van der Waals surface area contributed by atoms with E-state index in [1.807, 2.05) is 13.8 Å². The third kappa shape index (κ3) is 1.52. The normalized spacial score (nSPS) is 22.1. The van der Waals surface area contributed by atoms with Crippen molar-refractivity contribution < 1.29 is 4.79 Å². The highest BCUT2D eigenvalue weighted by Gasteiger charge is 2.23. The fourth-order valence-electron chi connectivity index (χ4n) is 2.09. The summed E-state index contributed by atoms with van der Waals surface area (Å²) in [6.45, 7) is 3.97. The SMILES string of the molecule is Cc1n[nH]c(C)c1C1CCCC(=O)N1. The van der Waals surface area contributed by atoms with Gasteiger partial charge in [0.15, 0.2) is 0 Å². The molecule has 2 N–H and O–H groups in total. The Bertz CT molecular complexity index is 337. The molecular weight excluding hydrogens is 178 g/mol. The Labute approximate surface area is 83.1 Å². The number of aromatic nitrogens is 2. The Morgan fingerprint density at radius 1 is 1.43 bits per heavy atom. The van der Waals surface area contributed by atoms with Gasteiger partial charge in [-0.05, 0) is 26.7 Å². The lowest BCUT2D eigenvalue weighted by atomic mass is 9.96. The molecule has 4 heteroatoms. The number of rotatable bonds is 1. The average molecular weight is 193 g/mol. The Morgan fingerprint density at radius 2 is 2.21 bits per heavy atom. The second-order valence-electron chi connectivity index (χ2n) is 3.86. The summed E-state index contributed by atoms with van der Waals surface area (Å²) in [5.74, 6) is 0.154. The standard InChI is InChI=1S/C10H15N3O/c1-6-10(7(2)13-12-6)8-4-3-5-9(14)11-8/h8H,3-5H2,1-2H3,(H,11,14)(H,12,13). The smallest absolute Gasteiger partial charge is 0.220 e. The number of hydrogen-bond acceptors (Lipinski definition) is 2. The Morgan fingerprint density at radius 3 is 2.79 bits per heavy atom. The zero-order valence-electron chi connectivity index (χ0n) is 8.55. The maximum atomic E-state index is 11.2. The van der Waals surface area contributed by atoms with Crippen LogP contribution in [0.4, 0.5) is 0 Å². The number of carbonyl (C=O) groups excluding carboxylic acids is 1. The second-order valence-corrected chi connectivity index (χ2v) is 3.86. The topological polar surface area (TPSA) is 57.8 Å². The number of piperidine rings is 1. The van der Waals surface area contributed by atoms with Gasteiger partial charge < -0.3 is 5.32 Å². The lowest BCUT2D eigenvalue weighted by Crippen LogP contribution is -2.32. The third-order valence-electron chi connectivity index (χ3n) is 2.77. The largest absolute Gasteiger partial charge is 0.349 e. The highest BCUT2D eigenvalue weighted by molar-refractivity contribution is 5.77. The summed E-state index contributed by atoms with van der Waals surface area (Å²) in [6, 6.07) is 0.162. The van der Waals surface area contributed by atoms with Gasteiger partial charge in [-0.15, -0.1) is 0 Å². The first-order chi connectivity index (χ1) is 6.68. The molecule has 0 aliphatic carbocycles. The van der Waals surface area contributed by atoms with Crippen LogP contribution in [-0.2, 0) is 4.79 Å². The van der Waals surface area contributed by atoms with Crippen LogP contribution in [0.15, 0.2) is 0 Å². The lowest BCUT2D eigenvalue weighted by molar-refractivity contribution is -0.123. The highest BCUT2D eigenvalue weighted by atomic mass is 16.1. The van der Waals surface area contributed by atoms with Gasteiger partial charge in [0.2, 0.25) is 5.91 Å². The third-order valence-corrected chi connectivity index (χ3v) is 2.77. The number of H-pyrrole nitrogens is 1. The Hall–Kier alpha value is -1.32. The van der Waals surface area contributed by atoms with Crippen LogP contribution < -0.4 is 5.32 Å². The fraction of sp³-hybridized carbons (Fsp3) is 0.600. The predicted octanol–water partition coefficient (Wildman–Crippen LogP) is 1.37. The summed E-state index contributed by atoms with van der Waals surface area (Å²) >= 11 is 0. The van der Waals surface area contributed by atoms with Crippen molar-refractivity contribution in [2.75, 3.05) is 0 Å². The van der Waals surface area contributed by atoms with Crippen LogP contribution >= 0.6 is 0 Å². The van der Waals surface area contributed by atoms with Gasteiger partial charge >= 0.3 is 0 Å². The predicted molar refractivity (Wildman–Crippen MR) is 52.8 cm³/mol. The van der Waals surface area contributed by atoms with E-state index in [-0.39, 0.29) is 11.9 Å². The molecule has 1 aromatic rings. The van der Waals surface area contributed by atoms with E-state index in [4.69, 9.17) is 0 Å². The van der Waals surface area contributed by atoms with E-state index in [1.165, 1.54) is 0 Å². The first-order valence-electron chi connectivity index (χ1n) is 4.99. The minimum absolute atomic E-state index is 0.154. The molecule has 2 rings (SSSR count). The number of hydrogen-bond donors (Lipinski definition) is 2. The van der Waals surface area contributed by atoms with Gasteiger partial charge in [-0.1, -0.05) is 0 Å². The minimum atomic E-state index is 0.154.